The van der Waals surface area contributed by atoms with Crippen molar-refractivity contribution in [1.82, 2.24) is 0 Å². The summed E-state index contributed by atoms with van der Waals surface area (Å²) in [6.45, 7) is 7.93. The molecule has 0 heterocycles. The van der Waals surface area contributed by atoms with E-state index in [1.807, 2.05) is 0 Å². The Balaban J connectivity index is 2.37. The Hall–Kier alpha value is -2.58. The molecule has 0 bridgehead atoms. The molecule has 0 radical (unpaired) electrons. The summed E-state index contributed by atoms with van der Waals surface area (Å²) in [6, 6.07) is 4.96. The van der Waals surface area contributed by atoms with Gasteiger partial charge in [-0.3, -0.25) is 14.9 Å². The molecule has 8 nitrogen and oxygen atoms in total. The van der Waals surface area contributed by atoms with Gasteiger partial charge in [-0.05, 0) is 45.4 Å². The van der Waals surface area contributed by atoms with Crippen LogP contribution in [0.3, 0.4) is 0 Å². The number of nitro groups is 1. The highest BCUT2D eigenvalue weighted by molar-refractivity contribution is 5.94. The van der Waals surface area contributed by atoms with Crippen LogP contribution in [0.25, 0.3) is 0 Å². The lowest BCUT2D eigenvalue weighted by Gasteiger charge is -2.34. The van der Waals surface area contributed by atoms with E-state index in [1.54, 1.807) is 19.9 Å². The average molecular weight is 405 g/mol. The van der Waals surface area contributed by atoms with Gasteiger partial charge < -0.3 is 14.9 Å². The molecule has 0 amide bonds. The number of rotatable bonds is 6. The molecule has 1 aliphatic rings. The van der Waals surface area contributed by atoms with Gasteiger partial charge in [0.1, 0.15) is 11.7 Å². The van der Waals surface area contributed by atoms with Gasteiger partial charge in [0.15, 0.2) is 5.78 Å². The average Bonchev–Trinajstić information content (AvgIpc) is 2.82. The molecular formula is C21H27NO7. The fourth-order valence-corrected chi connectivity index (χ4v) is 4.63. The summed E-state index contributed by atoms with van der Waals surface area (Å²) in [6.07, 6.45) is -0.269. The van der Waals surface area contributed by atoms with Crippen LogP contribution < -0.4 is 0 Å². The largest absolute Gasteiger partial charge is 0.455 e. The molecule has 6 atom stereocenters. The van der Waals surface area contributed by atoms with Crippen LogP contribution >= 0.6 is 0 Å². The molecule has 8 heteroatoms. The van der Waals surface area contributed by atoms with Gasteiger partial charge in [0, 0.05) is 29.9 Å². The van der Waals surface area contributed by atoms with Gasteiger partial charge >= 0.3 is 5.97 Å². The van der Waals surface area contributed by atoms with Crippen molar-refractivity contribution in [2.24, 2.45) is 17.8 Å². The second-order valence-electron chi connectivity index (χ2n) is 7.81. The van der Waals surface area contributed by atoms with E-state index < -0.39 is 46.5 Å². The predicted octanol–water partition coefficient (Wildman–Crippen LogP) is 2.67. The van der Waals surface area contributed by atoms with Crippen LogP contribution in [0.1, 0.15) is 45.0 Å². The number of nitrogens with zero attached hydrogens (tertiary/aromatic N) is 1. The summed E-state index contributed by atoms with van der Waals surface area (Å²) in [5, 5.41) is 32.3. The number of nitro benzene ring substituents is 1. The van der Waals surface area contributed by atoms with Crippen molar-refractivity contribution in [3.8, 4) is 0 Å². The van der Waals surface area contributed by atoms with Gasteiger partial charge in [0.05, 0.1) is 16.6 Å². The quantitative estimate of drug-likeness (QED) is 0.322. The van der Waals surface area contributed by atoms with E-state index in [4.69, 9.17) is 4.74 Å². The summed E-state index contributed by atoms with van der Waals surface area (Å²) in [4.78, 5) is 35.0. The number of hydrogen-bond acceptors (Lipinski definition) is 7. The molecule has 1 aromatic carbocycles. The van der Waals surface area contributed by atoms with Crippen LogP contribution in [-0.4, -0.2) is 44.7 Å². The number of ketones is 1. The predicted molar refractivity (Wildman–Crippen MR) is 105 cm³/mol. The maximum absolute atomic E-state index is 12.6. The summed E-state index contributed by atoms with van der Waals surface area (Å²) in [5.74, 6) is -2.58. The Morgan fingerprint density at radius 3 is 2.28 bits per heavy atom. The number of benzene rings is 1. The number of allylic oxidation sites excluding steroid dienone is 2. The zero-order valence-electron chi connectivity index (χ0n) is 17.2. The number of carbonyl (C=O) groups excluding carboxylic acids is 2. The summed E-state index contributed by atoms with van der Waals surface area (Å²) in [7, 11) is 0. The molecule has 1 fully saturated rings. The number of esters is 1. The normalized spacial score (nSPS) is 30.7. The standard InChI is InChI=1S/C21H27NO7/c1-6-16(12(3)23)17-11(2)19(21(5,26)18(17)13(4)24)29-20(25)14-7-9-15(10-8-14)22(27)28/h6-11,13,17-19,24,26H,1-5H3/b16-6-/t11-,13?,17+,18-,19-,21+/m0/s1. The zero-order chi connectivity index (χ0) is 22.1. The van der Waals surface area contributed by atoms with E-state index in [1.165, 1.54) is 45.0 Å². The lowest BCUT2D eigenvalue weighted by molar-refractivity contribution is -0.384. The summed E-state index contributed by atoms with van der Waals surface area (Å²) < 4.78 is 5.60. The van der Waals surface area contributed by atoms with Crippen LogP contribution in [0.2, 0.25) is 0 Å². The van der Waals surface area contributed by atoms with Crippen molar-refractivity contribution in [1.29, 1.82) is 0 Å². The molecule has 0 aliphatic heterocycles. The molecule has 1 aromatic rings. The maximum atomic E-state index is 12.6. The first-order valence-electron chi connectivity index (χ1n) is 9.46. The van der Waals surface area contributed by atoms with E-state index in [0.717, 1.165) is 0 Å². The molecule has 1 aliphatic carbocycles. The van der Waals surface area contributed by atoms with Crippen molar-refractivity contribution >= 4 is 17.4 Å². The minimum atomic E-state index is -1.58. The molecule has 0 spiro atoms. The van der Waals surface area contributed by atoms with Crippen molar-refractivity contribution in [3.05, 3.63) is 51.6 Å². The van der Waals surface area contributed by atoms with E-state index in [9.17, 15) is 29.9 Å². The van der Waals surface area contributed by atoms with Gasteiger partial charge in [-0.2, -0.15) is 0 Å². The van der Waals surface area contributed by atoms with E-state index in [-0.39, 0.29) is 17.0 Å². The lowest BCUT2D eigenvalue weighted by Crippen LogP contribution is -2.47. The molecule has 0 aromatic heterocycles. The summed E-state index contributed by atoms with van der Waals surface area (Å²) in [5.41, 5.74) is -1.17. The van der Waals surface area contributed by atoms with Gasteiger partial charge in [-0.1, -0.05) is 13.0 Å². The van der Waals surface area contributed by atoms with E-state index in [0.29, 0.717) is 5.57 Å². The van der Waals surface area contributed by atoms with Crippen LogP contribution in [0, 0.1) is 27.9 Å². The zero-order valence-corrected chi connectivity index (χ0v) is 17.2. The Kier molecular flexibility index (Phi) is 6.60. The number of hydrogen-bond donors (Lipinski definition) is 2. The second-order valence-corrected chi connectivity index (χ2v) is 7.81. The minimum Gasteiger partial charge on any atom is -0.455 e. The van der Waals surface area contributed by atoms with Crippen molar-refractivity contribution in [2.45, 2.75) is 52.4 Å². The molecular weight excluding hydrogens is 378 g/mol. The maximum Gasteiger partial charge on any atom is 0.338 e. The highest BCUT2D eigenvalue weighted by Crippen LogP contribution is 2.50. The molecule has 2 rings (SSSR count). The fraction of sp³-hybridized carbons (Fsp3) is 0.524. The van der Waals surface area contributed by atoms with Crippen LogP contribution in [0.15, 0.2) is 35.9 Å². The minimum absolute atomic E-state index is 0.105. The third kappa shape index (κ3) is 4.23. The van der Waals surface area contributed by atoms with Crippen LogP contribution in [0.5, 0.6) is 0 Å². The number of non-ortho nitro benzene ring substituents is 1. The first-order valence-corrected chi connectivity index (χ1v) is 9.46. The first-order chi connectivity index (χ1) is 13.4. The van der Waals surface area contributed by atoms with Crippen molar-refractivity contribution in [2.75, 3.05) is 0 Å². The molecule has 1 saturated carbocycles. The second kappa shape index (κ2) is 8.42. The molecule has 0 saturated heterocycles. The lowest BCUT2D eigenvalue weighted by atomic mass is 9.76. The number of ether oxygens (including phenoxy) is 1. The highest BCUT2D eigenvalue weighted by atomic mass is 16.6. The fourth-order valence-electron chi connectivity index (χ4n) is 4.63. The Morgan fingerprint density at radius 1 is 1.31 bits per heavy atom. The number of Topliss-reactive ketones (excluding diaryl/α,β-unsaturated/α-hetero) is 1. The smallest absolute Gasteiger partial charge is 0.338 e. The number of aliphatic hydroxyl groups excluding tert-OH is 1. The Bertz CT molecular complexity index is 826. The van der Waals surface area contributed by atoms with Gasteiger partial charge in [-0.15, -0.1) is 0 Å². The van der Waals surface area contributed by atoms with Crippen molar-refractivity contribution in [3.63, 3.8) is 0 Å². The van der Waals surface area contributed by atoms with E-state index in [2.05, 4.69) is 0 Å². The molecule has 1 unspecified atom stereocenters. The third-order valence-corrected chi connectivity index (χ3v) is 5.83. The first kappa shape index (κ1) is 22.7. The monoisotopic (exact) mass is 405 g/mol. The topological polar surface area (TPSA) is 127 Å². The summed E-state index contributed by atoms with van der Waals surface area (Å²) >= 11 is 0. The van der Waals surface area contributed by atoms with E-state index >= 15 is 0 Å². The molecule has 2 N–H and O–H groups in total. The Morgan fingerprint density at radius 2 is 1.86 bits per heavy atom. The third-order valence-electron chi connectivity index (χ3n) is 5.83. The molecule has 158 valence electrons. The number of carbonyl (C=O) groups is 2. The van der Waals surface area contributed by atoms with Crippen LogP contribution in [0.4, 0.5) is 5.69 Å². The SMILES string of the molecule is C/C=C(/C(C)=O)[C@H]1[C@H](C)[C@H](OC(=O)c2ccc([N+](=O)[O-])cc2)[C@](C)(O)[C@H]1C(C)O. The van der Waals surface area contributed by atoms with Crippen LogP contribution in [-0.2, 0) is 9.53 Å². The van der Waals surface area contributed by atoms with Crippen molar-refractivity contribution < 1.29 is 29.5 Å². The van der Waals surface area contributed by atoms with Gasteiger partial charge in [-0.25, -0.2) is 4.79 Å². The number of aliphatic hydroxyl groups is 2. The van der Waals surface area contributed by atoms with Gasteiger partial charge in [0.2, 0.25) is 0 Å². The Labute approximate surface area is 169 Å². The van der Waals surface area contributed by atoms with Gasteiger partial charge in [0.25, 0.3) is 5.69 Å². The highest BCUT2D eigenvalue weighted by Gasteiger charge is 2.60. The molecule has 29 heavy (non-hydrogen) atoms.